The Hall–Kier alpha value is -1.29. The summed E-state index contributed by atoms with van der Waals surface area (Å²) in [6, 6.07) is 3.97. The van der Waals surface area contributed by atoms with Crippen LogP contribution in [0.5, 0.6) is 0 Å². The molecule has 2 atom stereocenters. The van der Waals surface area contributed by atoms with Crippen LogP contribution in [0, 0.1) is 5.92 Å². The van der Waals surface area contributed by atoms with Crippen molar-refractivity contribution in [1.82, 2.24) is 4.98 Å². The first-order valence-corrected chi connectivity index (χ1v) is 6.41. The van der Waals surface area contributed by atoms with E-state index in [4.69, 9.17) is 0 Å². The van der Waals surface area contributed by atoms with Gasteiger partial charge in [-0.2, -0.15) is 0 Å². The largest absolute Gasteiger partial charge is 0.393 e. The molecule has 0 bridgehead atoms. The van der Waals surface area contributed by atoms with Gasteiger partial charge in [-0.05, 0) is 25.8 Å². The lowest BCUT2D eigenvalue weighted by Gasteiger charge is -2.16. The molecule has 1 heterocycles. The van der Waals surface area contributed by atoms with Gasteiger partial charge in [0, 0.05) is 37.0 Å². The van der Waals surface area contributed by atoms with Crippen molar-refractivity contribution < 1.29 is 5.11 Å². The van der Waals surface area contributed by atoms with Crippen LogP contribution in [0.2, 0.25) is 0 Å². The Kier molecular flexibility index (Phi) is 4.20. The van der Waals surface area contributed by atoms with Crippen LogP contribution in [-0.4, -0.2) is 29.3 Å². The lowest BCUT2D eigenvalue weighted by Crippen LogP contribution is -2.21. The van der Waals surface area contributed by atoms with Gasteiger partial charge in [0.2, 0.25) is 0 Å². The summed E-state index contributed by atoms with van der Waals surface area (Å²) >= 11 is 0. The van der Waals surface area contributed by atoms with E-state index >= 15 is 0 Å². The third-order valence-electron chi connectivity index (χ3n) is 3.31. The molecule has 1 aromatic heterocycles. The van der Waals surface area contributed by atoms with E-state index in [9.17, 15) is 5.11 Å². The molecule has 0 saturated heterocycles. The normalized spacial score (nSPS) is 23.6. The van der Waals surface area contributed by atoms with Gasteiger partial charge in [0.05, 0.1) is 6.10 Å². The Bertz CT molecular complexity index is 356. The fourth-order valence-electron chi connectivity index (χ4n) is 2.32. The Balaban J connectivity index is 1.87. The quantitative estimate of drug-likeness (QED) is 0.731. The highest BCUT2D eigenvalue weighted by atomic mass is 16.3. The molecule has 1 aliphatic carbocycles. The zero-order valence-electron chi connectivity index (χ0n) is 10.3. The van der Waals surface area contributed by atoms with Crippen LogP contribution in [0.4, 0.5) is 11.5 Å². The number of rotatable bonds is 5. The second-order valence-corrected chi connectivity index (χ2v) is 4.60. The first-order valence-electron chi connectivity index (χ1n) is 6.41. The van der Waals surface area contributed by atoms with Gasteiger partial charge in [0.1, 0.15) is 5.82 Å². The first-order chi connectivity index (χ1) is 8.29. The number of aliphatic hydroxyl groups is 1. The summed E-state index contributed by atoms with van der Waals surface area (Å²) in [4.78, 5) is 4.22. The predicted molar refractivity (Wildman–Crippen MR) is 70.2 cm³/mol. The molecule has 0 amide bonds. The van der Waals surface area contributed by atoms with Crippen molar-refractivity contribution in [1.29, 1.82) is 0 Å². The second-order valence-electron chi connectivity index (χ2n) is 4.60. The molecule has 4 heteroatoms. The highest BCUT2D eigenvalue weighted by Gasteiger charge is 2.24. The van der Waals surface area contributed by atoms with Crippen LogP contribution < -0.4 is 10.6 Å². The van der Waals surface area contributed by atoms with Crippen LogP contribution >= 0.6 is 0 Å². The number of pyridine rings is 1. The van der Waals surface area contributed by atoms with Crippen molar-refractivity contribution in [3.05, 3.63) is 18.3 Å². The zero-order chi connectivity index (χ0) is 12.1. The molecule has 0 radical (unpaired) electrons. The third kappa shape index (κ3) is 3.33. The summed E-state index contributed by atoms with van der Waals surface area (Å²) in [5.41, 5.74) is 1.06. The lowest BCUT2D eigenvalue weighted by molar-refractivity contribution is 0.138. The number of aromatic nitrogens is 1. The first kappa shape index (κ1) is 12.2. The zero-order valence-corrected chi connectivity index (χ0v) is 10.3. The third-order valence-corrected chi connectivity index (χ3v) is 3.31. The van der Waals surface area contributed by atoms with E-state index in [-0.39, 0.29) is 6.10 Å². The summed E-state index contributed by atoms with van der Waals surface area (Å²) in [5, 5.41) is 16.3. The van der Waals surface area contributed by atoms with Gasteiger partial charge in [-0.25, -0.2) is 4.98 Å². The molecule has 17 heavy (non-hydrogen) atoms. The van der Waals surface area contributed by atoms with Crippen molar-refractivity contribution in [3.63, 3.8) is 0 Å². The Morgan fingerprint density at radius 1 is 1.41 bits per heavy atom. The van der Waals surface area contributed by atoms with Gasteiger partial charge in [-0.15, -0.1) is 0 Å². The van der Waals surface area contributed by atoms with Crippen LogP contribution in [0.25, 0.3) is 0 Å². The Labute approximate surface area is 102 Å². The highest BCUT2D eigenvalue weighted by Crippen LogP contribution is 2.25. The molecule has 1 fully saturated rings. The molecule has 4 nitrogen and oxygen atoms in total. The molecule has 1 saturated carbocycles. The van der Waals surface area contributed by atoms with Crippen LogP contribution in [0.15, 0.2) is 18.3 Å². The number of hydrogen-bond acceptors (Lipinski definition) is 4. The molecule has 1 aromatic rings. The standard InChI is InChI=1S/C13H21N3O/c1-2-14-13-8-11(6-7-15-13)16-9-10-4-3-5-12(10)17/h6-8,10,12,17H,2-5,9H2,1H3,(H2,14,15,16). The van der Waals surface area contributed by atoms with E-state index in [2.05, 4.69) is 22.5 Å². The van der Waals surface area contributed by atoms with Crippen molar-refractivity contribution in [2.24, 2.45) is 5.92 Å². The summed E-state index contributed by atoms with van der Waals surface area (Å²) in [6.07, 6.45) is 4.89. The summed E-state index contributed by atoms with van der Waals surface area (Å²) in [6.45, 7) is 3.77. The van der Waals surface area contributed by atoms with Gasteiger partial charge in [-0.1, -0.05) is 6.42 Å². The minimum absolute atomic E-state index is 0.127. The number of nitrogens with one attached hydrogen (secondary N) is 2. The Morgan fingerprint density at radius 3 is 3.00 bits per heavy atom. The van der Waals surface area contributed by atoms with Gasteiger partial charge < -0.3 is 15.7 Å². The van der Waals surface area contributed by atoms with Crippen LogP contribution in [-0.2, 0) is 0 Å². The number of anilines is 2. The van der Waals surface area contributed by atoms with E-state index in [0.29, 0.717) is 5.92 Å². The van der Waals surface area contributed by atoms with E-state index in [1.54, 1.807) is 6.20 Å². The molecule has 0 spiro atoms. The number of hydrogen-bond donors (Lipinski definition) is 3. The summed E-state index contributed by atoms with van der Waals surface area (Å²) < 4.78 is 0. The van der Waals surface area contributed by atoms with Crippen LogP contribution in [0.1, 0.15) is 26.2 Å². The van der Waals surface area contributed by atoms with E-state index in [1.165, 1.54) is 0 Å². The molecular formula is C13H21N3O. The van der Waals surface area contributed by atoms with Crippen molar-refractivity contribution in [2.75, 3.05) is 23.7 Å². The monoisotopic (exact) mass is 235 g/mol. The van der Waals surface area contributed by atoms with Gasteiger partial charge >= 0.3 is 0 Å². The molecule has 2 unspecified atom stereocenters. The molecule has 0 aliphatic heterocycles. The van der Waals surface area contributed by atoms with Crippen LogP contribution in [0.3, 0.4) is 0 Å². The molecule has 94 valence electrons. The second kappa shape index (κ2) is 5.87. The fraction of sp³-hybridized carbons (Fsp3) is 0.615. The summed E-state index contributed by atoms with van der Waals surface area (Å²) in [5.74, 6) is 1.29. The van der Waals surface area contributed by atoms with E-state index < -0.39 is 0 Å². The van der Waals surface area contributed by atoms with Gasteiger partial charge in [-0.3, -0.25) is 0 Å². The number of aliphatic hydroxyl groups excluding tert-OH is 1. The van der Waals surface area contributed by atoms with E-state index in [1.807, 2.05) is 12.1 Å². The minimum atomic E-state index is -0.127. The molecular weight excluding hydrogens is 214 g/mol. The fourth-order valence-corrected chi connectivity index (χ4v) is 2.32. The average molecular weight is 235 g/mol. The minimum Gasteiger partial charge on any atom is -0.393 e. The summed E-state index contributed by atoms with van der Waals surface area (Å²) in [7, 11) is 0. The van der Waals surface area contributed by atoms with Crippen molar-refractivity contribution in [3.8, 4) is 0 Å². The molecule has 1 aliphatic rings. The van der Waals surface area contributed by atoms with Gasteiger partial charge in [0.15, 0.2) is 0 Å². The Morgan fingerprint density at radius 2 is 2.29 bits per heavy atom. The topological polar surface area (TPSA) is 57.2 Å². The number of nitrogens with zero attached hydrogens (tertiary/aromatic N) is 1. The smallest absolute Gasteiger partial charge is 0.127 e. The van der Waals surface area contributed by atoms with Crippen molar-refractivity contribution in [2.45, 2.75) is 32.3 Å². The highest BCUT2D eigenvalue weighted by molar-refractivity contribution is 5.51. The van der Waals surface area contributed by atoms with Gasteiger partial charge in [0.25, 0.3) is 0 Å². The average Bonchev–Trinajstić information content (AvgIpc) is 2.73. The SMILES string of the molecule is CCNc1cc(NCC2CCCC2O)ccn1. The van der Waals surface area contributed by atoms with Crippen molar-refractivity contribution >= 4 is 11.5 Å². The molecule has 3 N–H and O–H groups in total. The molecule has 0 aromatic carbocycles. The maximum atomic E-state index is 9.74. The van der Waals surface area contributed by atoms with E-state index in [0.717, 1.165) is 43.9 Å². The predicted octanol–water partition coefficient (Wildman–Crippen LogP) is 2.09. The maximum Gasteiger partial charge on any atom is 0.127 e. The molecule has 2 rings (SSSR count). The lowest BCUT2D eigenvalue weighted by atomic mass is 10.1. The maximum absolute atomic E-state index is 9.74.